The quantitative estimate of drug-likeness (QED) is 0.761. The highest BCUT2D eigenvalue weighted by Gasteiger charge is 2.40. The molecule has 0 radical (unpaired) electrons. The van der Waals surface area contributed by atoms with Crippen LogP contribution in [-0.4, -0.2) is 5.60 Å². The predicted octanol–water partition coefficient (Wildman–Crippen LogP) is 4.46. The van der Waals surface area contributed by atoms with Crippen molar-refractivity contribution in [1.82, 2.24) is 0 Å². The Labute approximate surface area is 120 Å². The molecule has 2 nitrogen and oxygen atoms in total. The predicted molar refractivity (Wildman–Crippen MR) is 78.6 cm³/mol. The van der Waals surface area contributed by atoms with Crippen LogP contribution in [0.25, 0.3) is 0 Å². The van der Waals surface area contributed by atoms with Crippen molar-refractivity contribution in [3.05, 3.63) is 28.8 Å². The molecule has 1 aromatic carbocycles. The third kappa shape index (κ3) is 2.61. The Hall–Kier alpha value is -0.730. The van der Waals surface area contributed by atoms with Crippen molar-refractivity contribution in [2.45, 2.75) is 57.1 Å². The summed E-state index contributed by atoms with van der Waals surface area (Å²) < 4.78 is 6.38. The molecule has 1 saturated carbocycles. The summed E-state index contributed by atoms with van der Waals surface area (Å²) in [7, 11) is 0. The summed E-state index contributed by atoms with van der Waals surface area (Å²) in [4.78, 5) is 0. The molecule has 2 unspecified atom stereocenters. The Balaban J connectivity index is 1.89. The van der Waals surface area contributed by atoms with Gasteiger partial charge in [0.1, 0.15) is 11.4 Å². The zero-order valence-corrected chi connectivity index (χ0v) is 12.2. The minimum atomic E-state index is -0.0367. The van der Waals surface area contributed by atoms with E-state index in [-0.39, 0.29) is 11.6 Å². The van der Waals surface area contributed by atoms with Gasteiger partial charge in [0.2, 0.25) is 0 Å². The molecule has 1 heterocycles. The normalized spacial score (nSPS) is 34.5. The van der Waals surface area contributed by atoms with Crippen LogP contribution in [0.1, 0.15) is 57.1 Å². The summed E-state index contributed by atoms with van der Waals surface area (Å²) in [6.45, 7) is 2.34. The van der Waals surface area contributed by atoms with Crippen LogP contribution in [0, 0.1) is 5.92 Å². The van der Waals surface area contributed by atoms with Crippen LogP contribution in [0.5, 0.6) is 5.75 Å². The lowest BCUT2D eigenvalue weighted by Crippen LogP contribution is -2.42. The number of fused-ring (bicyclic) bond motifs is 1. The second-order valence-electron chi connectivity index (χ2n) is 6.31. The number of hydrogen-bond donors (Lipinski definition) is 1. The standard InChI is InChI=1S/C16H22ClNO/c1-11-3-2-7-16(8-6-11)10-14(18)13-9-12(17)4-5-15(13)19-16/h4-5,9,11,14H,2-3,6-8,10,18H2,1H3/t11?,14-,16?/m0/s1. The first-order chi connectivity index (χ1) is 9.08. The number of nitrogens with two attached hydrogens (primary N) is 1. The van der Waals surface area contributed by atoms with Crippen molar-refractivity contribution in [2.24, 2.45) is 11.7 Å². The van der Waals surface area contributed by atoms with Gasteiger partial charge in [-0.15, -0.1) is 0 Å². The number of ether oxygens (including phenoxy) is 1. The monoisotopic (exact) mass is 279 g/mol. The highest BCUT2D eigenvalue weighted by molar-refractivity contribution is 6.30. The fourth-order valence-corrected chi connectivity index (χ4v) is 3.73. The van der Waals surface area contributed by atoms with Crippen molar-refractivity contribution in [2.75, 3.05) is 0 Å². The highest BCUT2D eigenvalue weighted by Crippen LogP contribution is 2.45. The van der Waals surface area contributed by atoms with E-state index in [1.165, 1.54) is 19.3 Å². The van der Waals surface area contributed by atoms with Gasteiger partial charge in [0.25, 0.3) is 0 Å². The Morgan fingerprint density at radius 2 is 2.16 bits per heavy atom. The molecule has 1 aliphatic heterocycles. The van der Waals surface area contributed by atoms with E-state index in [4.69, 9.17) is 22.1 Å². The zero-order chi connectivity index (χ0) is 13.5. The minimum absolute atomic E-state index is 0.0367. The summed E-state index contributed by atoms with van der Waals surface area (Å²) in [5.74, 6) is 1.75. The Bertz CT molecular complexity index is 476. The second kappa shape index (κ2) is 4.99. The first-order valence-corrected chi connectivity index (χ1v) is 7.70. The van der Waals surface area contributed by atoms with Gasteiger partial charge in [0, 0.05) is 23.0 Å². The van der Waals surface area contributed by atoms with Crippen molar-refractivity contribution in [3.63, 3.8) is 0 Å². The molecule has 104 valence electrons. The summed E-state index contributed by atoms with van der Waals surface area (Å²) in [6, 6.07) is 5.88. The van der Waals surface area contributed by atoms with Crippen molar-refractivity contribution >= 4 is 11.6 Å². The van der Waals surface area contributed by atoms with Crippen LogP contribution in [0.15, 0.2) is 18.2 Å². The van der Waals surface area contributed by atoms with E-state index in [0.29, 0.717) is 0 Å². The third-order valence-corrected chi connectivity index (χ3v) is 4.95. The molecule has 1 spiro atoms. The maximum absolute atomic E-state index is 6.38. The number of rotatable bonds is 0. The molecular formula is C16H22ClNO. The Morgan fingerprint density at radius 3 is 3.00 bits per heavy atom. The van der Waals surface area contributed by atoms with Gasteiger partial charge in [0.15, 0.2) is 0 Å². The zero-order valence-electron chi connectivity index (χ0n) is 11.5. The van der Waals surface area contributed by atoms with Gasteiger partial charge in [-0.3, -0.25) is 0 Å². The van der Waals surface area contributed by atoms with E-state index in [1.807, 2.05) is 18.2 Å². The van der Waals surface area contributed by atoms with Gasteiger partial charge in [-0.2, -0.15) is 0 Å². The molecule has 0 bridgehead atoms. The second-order valence-corrected chi connectivity index (χ2v) is 6.75. The average Bonchev–Trinajstić information content (AvgIpc) is 2.54. The molecule has 2 N–H and O–H groups in total. The number of hydrogen-bond acceptors (Lipinski definition) is 2. The van der Waals surface area contributed by atoms with E-state index in [2.05, 4.69) is 6.92 Å². The molecule has 3 atom stereocenters. The molecular weight excluding hydrogens is 258 g/mol. The van der Waals surface area contributed by atoms with Crippen LogP contribution < -0.4 is 10.5 Å². The molecule has 1 aliphatic carbocycles. The van der Waals surface area contributed by atoms with Gasteiger partial charge >= 0.3 is 0 Å². The van der Waals surface area contributed by atoms with Crippen LogP contribution in [-0.2, 0) is 0 Å². The van der Waals surface area contributed by atoms with Crippen LogP contribution >= 0.6 is 11.6 Å². The lowest BCUT2D eigenvalue weighted by Gasteiger charge is -2.41. The Morgan fingerprint density at radius 1 is 1.32 bits per heavy atom. The molecule has 0 amide bonds. The maximum Gasteiger partial charge on any atom is 0.125 e. The fraction of sp³-hybridized carbons (Fsp3) is 0.625. The summed E-state index contributed by atoms with van der Waals surface area (Å²) in [5.41, 5.74) is 7.40. The van der Waals surface area contributed by atoms with Crippen LogP contribution in [0.3, 0.4) is 0 Å². The lowest BCUT2D eigenvalue weighted by atomic mass is 9.82. The van der Waals surface area contributed by atoms with Crippen LogP contribution in [0.4, 0.5) is 0 Å². The topological polar surface area (TPSA) is 35.2 Å². The van der Waals surface area contributed by atoms with E-state index in [0.717, 1.165) is 41.5 Å². The summed E-state index contributed by atoms with van der Waals surface area (Å²) in [6.07, 6.45) is 6.99. The first-order valence-electron chi connectivity index (χ1n) is 7.32. The van der Waals surface area contributed by atoms with E-state index < -0.39 is 0 Å². The smallest absolute Gasteiger partial charge is 0.125 e. The molecule has 2 aliphatic rings. The molecule has 19 heavy (non-hydrogen) atoms. The summed E-state index contributed by atoms with van der Waals surface area (Å²) >= 11 is 6.05. The Kier molecular flexibility index (Phi) is 3.48. The highest BCUT2D eigenvalue weighted by atomic mass is 35.5. The molecule has 1 aromatic rings. The largest absolute Gasteiger partial charge is 0.487 e. The average molecular weight is 280 g/mol. The minimum Gasteiger partial charge on any atom is -0.487 e. The maximum atomic E-state index is 6.38. The van der Waals surface area contributed by atoms with Crippen molar-refractivity contribution < 1.29 is 4.74 Å². The molecule has 3 rings (SSSR count). The van der Waals surface area contributed by atoms with Gasteiger partial charge < -0.3 is 10.5 Å². The third-order valence-electron chi connectivity index (χ3n) is 4.71. The number of benzene rings is 1. The van der Waals surface area contributed by atoms with Gasteiger partial charge in [-0.05, 0) is 49.8 Å². The molecule has 0 aromatic heterocycles. The molecule has 1 fully saturated rings. The van der Waals surface area contributed by atoms with E-state index >= 15 is 0 Å². The molecule has 0 saturated heterocycles. The number of halogens is 1. The van der Waals surface area contributed by atoms with Gasteiger partial charge in [-0.25, -0.2) is 0 Å². The fourth-order valence-electron chi connectivity index (χ4n) is 3.55. The van der Waals surface area contributed by atoms with Gasteiger partial charge in [0.05, 0.1) is 0 Å². The first kappa shape index (κ1) is 13.3. The lowest BCUT2D eigenvalue weighted by molar-refractivity contribution is 0.0205. The SMILES string of the molecule is CC1CCCC2(CC1)C[C@H](N)c1cc(Cl)ccc1O2. The van der Waals surface area contributed by atoms with Crippen LogP contribution in [0.2, 0.25) is 5.02 Å². The van der Waals surface area contributed by atoms with Gasteiger partial charge in [-0.1, -0.05) is 24.9 Å². The van der Waals surface area contributed by atoms with Crippen molar-refractivity contribution in [3.8, 4) is 5.75 Å². The van der Waals surface area contributed by atoms with E-state index in [9.17, 15) is 0 Å². The van der Waals surface area contributed by atoms with E-state index in [1.54, 1.807) is 0 Å². The molecule has 3 heteroatoms. The summed E-state index contributed by atoms with van der Waals surface area (Å²) in [5, 5.41) is 0.739. The van der Waals surface area contributed by atoms with Crippen molar-refractivity contribution in [1.29, 1.82) is 0 Å².